The first-order valence-electron chi connectivity index (χ1n) is 5.78. The first-order chi connectivity index (χ1) is 9.11. The summed E-state index contributed by atoms with van der Waals surface area (Å²) in [5.41, 5.74) is 7.89. The summed E-state index contributed by atoms with van der Waals surface area (Å²) < 4.78 is 5.23. The summed E-state index contributed by atoms with van der Waals surface area (Å²) in [6.45, 7) is 1.95. The number of pyridine rings is 1. The van der Waals surface area contributed by atoms with E-state index in [-0.39, 0.29) is 11.6 Å². The van der Waals surface area contributed by atoms with Crippen LogP contribution in [0.25, 0.3) is 0 Å². The van der Waals surface area contributed by atoms with Crippen molar-refractivity contribution in [3.8, 4) is 5.75 Å². The van der Waals surface area contributed by atoms with E-state index in [4.69, 9.17) is 10.5 Å². The fourth-order valence-electron chi connectivity index (χ4n) is 1.69. The topological polar surface area (TPSA) is 77.2 Å². The zero-order valence-electron chi connectivity index (χ0n) is 10.8. The predicted molar refractivity (Wildman–Crippen MR) is 74.3 cm³/mol. The van der Waals surface area contributed by atoms with Crippen molar-refractivity contribution in [2.45, 2.75) is 6.92 Å². The van der Waals surface area contributed by atoms with Crippen molar-refractivity contribution in [2.75, 3.05) is 18.2 Å². The molecule has 5 nitrogen and oxygen atoms in total. The van der Waals surface area contributed by atoms with Crippen molar-refractivity contribution in [3.63, 3.8) is 0 Å². The fourth-order valence-corrected chi connectivity index (χ4v) is 1.69. The summed E-state index contributed by atoms with van der Waals surface area (Å²) >= 11 is 0. The number of aryl methyl sites for hydroxylation is 1. The van der Waals surface area contributed by atoms with E-state index in [1.54, 1.807) is 25.3 Å². The molecule has 2 rings (SSSR count). The van der Waals surface area contributed by atoms with Gasteiger partial charge in [-0.05, 0) is 36.8 Å². The molecule has 1 amide bonds. The molecule has 1 aromatic carbocycles. The molecule has 0 aliphatic carbocycles. The second kappa shape index (κ2) is 5.39. The number of amides is 1. The smallest absolute Gasteiger partial charge is 0.276 e. The third-order valence-corrected chi connectivity index (χ3v) is 2.66. The standard InChI is InChI=1S/C14H15N3O2/c1-9-5-6-11(12(8-9)19-2)17-14(18)13-10(15)4-3-7-16-13/h3-8H,15H2,1-2H3,(H,17,18). The van der Waals surface area contributed by atoms with Gasteiger partial charge in [-0.25, -0.2) is 4.98 Å². The Hall–Kier alpha value is -2.56. The molecule has 0 spiro atoms. The molecule has 0 saturated carbocycles. The molecule has 98 valence electrons. The van der Waals surface area contributed by atoms with Gasteiger partial charge in [0.2, 0.25) is 0 Å². The van der Waals surface area contributed by atoms with E-state index in [0.717, 1.165) is 5.56 Å². The number of hydrogen-bond acceptors (Lipinski definition) is 4. The molecule has 2 aromatic rings. The van der Waals surface area contributed by atoms with Crippen LogP contribution in [0, 0.1) is 6.92 Å². The summed E-state index contributed by atoms with van der Waals surface area (Å²) in [5, 5.41) is 2.74. The second-order valence-electron chi connectivity index (χ2n) is 4.10. The molecule has 0 atom stereocenters. The van der Waals surface area contributed by atoms with Gasteiger partial charge in [-0.3, -0.25) is 4.79 Å². The van der Waals surface area contributed by atoms with Crippen LogP contribution in [0.1, 0.15) is 16.1 Å². The maximum Gasteiger partial charge on any atom is 0.276 e. The molecule has 1 aromatic heterocycles. The third kappa shape index (κ3) is 2.82. The number of benzene rings is 1. The Kier molecular flexibility index (Phi) is 3.66. The molecule has 3 N–H and O–H groups in total. The van der Waals surface area contributed by atoms with Crippen LogP contribution in [-0.4, -0.2) is 18.0 Å². The van der Waals surface area contributed by atoms with Crippen LogP contribution in [0.15, 0.2) is 36.5 Å². The normalized spacial score (nSPS) is 10.0. The van der Waals surface area contributed by atoms with E-state index in [2.05, 4.69) is 10.3 Å². The van der Waals surface area contributed by atoms with Gasteiger partial charge in [-0.1, -0.05) is 6.07 Å². The lowest BCUT2D eigenvalue weighted by Crippen LogP contribution is -2.16. The van der Waals surface area contributed by atoms with Crippen LogP contribution in [0.2, 0.25) is 0 Å². The van der Waals surface area contributed by atoms with Gasteiger partial charge in [0.25, 0.3) is 5.91 Å². The molecule has 0 fully saturated rings. The quantitative estimate of drug-likeness (QED) is 0.884. The maximum atomic E-state index is 12.1. The lowest BCUT2D eigenvalue weighted by molar-refractivity contribution is 0.102. The number of rotatable bonds is 3. The van der Waals surface area contributed by atoms with E-state index < -0.39 is 0 Å². The van der Waals surface area contributed by atoms with Crippen LogP contribution in [0.4, 0.5) is 11.4 Å². The van der Waals surface area contributed by atoms with Crippen LogP contribution in [0.5, 0.6) is 5.75 Å². The molecule has 1 heterocycles. The number of nitrogens with two attached hydrogens (primary N) is 1. The minimum atomic E-state index is -0.361. The summed E-state index contributed by atoms with van der Waals surface area (Å²) in [4.78, 5) is 16.0. The van der Waals surface area contributed by atoms with Gasteiger partial charge < -0.3 is 15.8 Å². The Morgan fingerprint density at radius 3 is 2.84 bits per heavy atom. The zero-order chi connectivity index (χ0) is 13.8. The Morgan fingerprint density at radius 1 is 1.37 bits per heavy atom. The zero-order valence-corrected chi connectivity index (χ0v) is 10.8. The monoisotopic (exact) mass is 257 g/mol. The number of anilines is 2. The largest absolute Gasteiger partial charge is 0.495 e. The first kappa shape index (κ1) is 12.9. The number of nitrogen functional groups attached to an aromatic ring is 1. The van der Waals surface area contributed by atoms with E-state index in [9.17, 15) is 4.79 Å². The highest BCUT2D eigenvalue weighted by atomic mass is 16.5. The van der Waals surface area contributed by atoms with Gasteiger partial charge >= 0.3 is 0 Å². The molecule has 0 aliphatic heterocycles. The molecular formula is C14H15N3O2. The van der Waals surface area contributed by atoms with E-state index in [1.807, 2.05) is 19.1 Å². The van der Waals surface area contributed by atoms with Crippen molar-refractivity contribution in [2.24, 2.45) is 0 Å². The summed E-state index contributed by atoms with van der Waals surface area (Å²) in [5.74, 6) is 0.239. The van der Waals surface area contributed by atoms with Crippen molar-refractivity contribution < 1.29 is 9.53 Å². The minimum absolute atomic E-state index is 0.199. The van der Waals surface area contributed by atoms with Crippen LogP contribution in [-0.2, 0) is 0 Å². The molecule has 19 heavy (non-hydrogen) atoms. The summed E-state index contributed by atoms with van der Waals surface area (Å²) in [6, 6.07) is 8.83. The molecular weight excluding hydrogens is 242 g/mol. The third-order valence-electron chi connectivity index (χ3n) is 2.66. The van der Waals surface area contributed by atoms with Crippen LogP contribution in [0.3, 0.4) is 0 Å². The number of nitrogens with one attached hydrogen (secondary N) is 1. The predicted octanol–water partition coefficient (Wildman–Crippen LogP) is 2.23. The Balaban J connectivity index is 2.27. The van der Waals surface area contributed by atoms with Crippen LogP contribution >= 0.6 is 0 Å². The molecule has 0 radical (unpaired) electrons. The van der Waals surface area contributed by atoms with E-state index >= 15 is 0 Å². The van der Waals surface area contributed by atoms with Gasteiger partial charge in [0.1, 0.15) is 5.75 Å². The summed E-state index contributed by atoms with van der Waals surface area (Å²) in [7, 11) is 1.56. The van der Waals surface area contributed by atoms with Crippen molar-refractivity contribution >= 4 is 17.3 Å². The molecule has 0 aliphatic rings. The number of aromatic nitrogens is 1. The number of hydrogen-bond donors (Lipinski definition) is 2. The fraction of sp³-hybridized carbons (Fsp3) is 0.143. The highest BCUT2D eigenvalue weighted by molar-refractivity contribution is 6.06. The molecule has 5 heteroatoms. The lowest BCUT2D eigenvalue weighted by atomic mass is 10.2. The SMILES string of the molecule is COc1cc(C)ccc1NC(=O)c1ncccc1N. The number of carbonyl (C=O) groups excluding carboxylic acids is 1. The molecule has 0 bridgehead atoms. The second-order valence-corrected chi connectivity index (χ2v) is 4.10. The number of carbonyl (C=O) groups is 1. The van der Waals surface area contributed by atoms with Gasteiger partial charge in [-0.15, -0.1) is 0 Å². The molecule has 0 unspecified atom stereocenters. The van der Waals surface area contributed by atoms with Gasteiger partial charge in [0.05, 0.1) is 18.5 Å². The van der Waals surface area contributed by atoms with Gasteiger partial charge in [0, 0.05) is 6.20 Å². The number of methoxy groups -OCH3 is 1. The Bertz CT molecular complexity index is 611. The number of nitrogens with zero attached hydrogens (tertiary/aromatic N) is 1. The minimum Gasteiger partial charge on any atom is -0.495 e. The maximum absolute atomic E-state index is 12.1. The average Bonchev–Trinajstić information content (AvgIpc) is 2.41. The summed E-state index contributed by atoms with van der Waals surface area (Å²) in [6.07, 6.45) is 1.53. The number of ether oxygens (including phenoxy) is 1. The average molecular weight is 257 g/mol. The van der Waals surface area contributed by atoms with Crippen LogP contribution < -0.4 is 15.8 Å². The van der Waals surface area contributed by atoms with Crippen molar-refractivity contribution in [3.05, 3.63) is 47.8 Å². The van der Waals surface area contributed by atoms with E-state index in [0.29, 0.717) is 17.1 Å². The first-order valence-corrected chi connectivity index (χ1v) is 5.78. The Labute approximate surface area is 111 Å². The van der Waals surface area contributed by atoms with Gasteiger partial charge in [-0.2, -0.15) is 0 Å². The van der Waals surface area contributed by atoms with Gasteiger partial charge in [0.15, 0.2) is 5.69 Å². The highest BCUT2D eigenvalue weighted by Gasteiger charge is 2.13. The van der Waals surface area contributed by atoms with Crippen molar-refractivity contribution in [1.82, 2.24) is 4.98 Å². The Morgan fingerprint density at radius 2 is 2.16 bits per heavy atom. The van der Waals surface area contributed by atoms with E-state index in [1.165, 1.54) is 6.20 Å². The lowest BCUT2D eigenvalue weighted by Gasteiger charge is -2.11. The highest BCUT2D eigenvalue weighted by Crippen LogP contribution is 2.26. The van der Waals surface area contributed by atoms with Crippen molar-refractivity contribution in [1.29, 1.82) is 0 Å². The molecule has 0 saturated heterocycles.